The van der Waals surface area contributed by atoms with Gasteiger partial charge in [-0.15, -0.1) is 0 Å². The van der Waals surface area contributed by atoms with E-state index in [1.165, 1.54) is 4.90 Å². The average Bonchev–Trinajstić information content (AvgIpc) is 2.95. The van der Waals surface area contributed by atoms with Crippen LogP contribution in [0.1, 0.15) is 24.1 Å². The maximum Gasteiger partial charge on any atom is 0.325 e. The van der Waals surface area contributed by atoms with Gasteiger partial charge < -0.3 is 10.6 Å². The molecule has 2 heterocycles. The van der Waals surface area contributed by atoms with Crippen LogP contribution >= 0.6 is 0 Å². The lowest BCUT2D eigenvalue weighted by Gasteiger charge is -2.13. The molecule has 4 amide bonds. The zero-order chi connectivity index (χ0) is 19.1. The number of amides is 4. The van der Waals surface area contributed by atoms with Gasteiger partial charge in [0.2, 0.25) is 5.91 Å². The number of carbonyl (C=O) groups excluding carboxylic acids is 3. The number of benzene rings is 1. The van der Waals surface area contributed by atoms with E-state index in [2.05, 4.69) is 15.6 Å². The number of hydrogen-bond acceptors (Lipinski definition) is 4. The van der Waals surface area contributed by atoms with E-state index in [-0.39, 0.29) is 31.2 Å². The lowest BCUT2D eigenvalue weighted by Crippen LogP contribution is -2.33. The number of nitrogens with one attached hydrogen (secondary N) is 2. The third-order valence-electron chi connectivity index (χ3n) is 4.38. The van der Waals surface area contributed by atoms with Crippen molar-refractivity contribution in [3.8, 4) is 0 Å². The van der Waals surface area contributed by atoms with Crippen LogP contribution in [0.5, 0.6) is 0 Å². The van der Waals surface area contributed by atoms with Gasteiger partial charge >= 0.3 is 6.03 Å². The molecule has 1 aliphatic heterocycles. The van der Waals surface area contributed by atoms with Gasteiger partial charge in [0, 0.05) is 31.3 Å². The number of imide groups is 1. The van der Waals surface area contributed by atoms with E-state index in [0.29, 0.717) is 13.0 Å². The van der Waals surface area contributed by atoms with Crippen LogP contribution in [0.25, 0.3) is 0 Å². The second kappa shape index (κ2) is 8.93. The van der Waals surface area contributed by atoms with Crippen LogP contribution in [0.4, 0.5) is 4.79 Å². The lowest BCUT2D eigenvalue weighted by molar-refractivity contribution is -0.128. The van der Waals surface area contributed by atoms with Crippen molar-refractivity contribution in [1.82, 2.24) is 20.5 Å². The summed E-state index contributed by atoms with van der Waals surface area (Å²) in [6.45, 7) is 0.721. The average molecular weight is 366 g/mol. The van der Waals surface area contributed by atoms with Crippen molar-refractivity contribution in [3.63, 3.8) is 0 Å². The summed E-state index contributed by atoms with van der Waals surface area (Å²) in [4.78, 5) is 41.9. The molecular weight excluding hydrogens is 344 g/mol. The van der Waals surface area contributed by atoms with Gasteiger partial charge in [0.15, 0.2) is 0 Å². The van der Waals surface area contributed by atoms with Gasteiger partial charge in [-0.2, -0.15) is 0 Å². The van der Waals surface area contributed by atoms with E-state index in [9.17, 15) is 14.4 Å². The third kappa shape index (κ3) is 5.13. The molecule has 1 aromatic carbocycles. The molecule has 3 rings (SSSR count). The fourth-order valence-corrected chi connectivity index (χ4v) is 2.93. The Hall–Kier alpha value is -3.22. The molecule has 0 unspecified atom stereocenters. The first kappa shape index (κ1) is 18.6. The van der Waals surface area contributed by atoms with Crippen molar-refractivity contribution in [2.45, 2.75) is 31.8 Å². The van der Waals surface area contributed by atoms with Crippen molar-refractivity contribution >= 4 is 17.8 Å². The maximum absolute atomic E-state index is 12.4. The first-order chi connectivity index (χ1) is 13.1. The molecule has 1 saturated heterocycles. The lowest BCUT2D eigenvalue weighted by atomic mass is 10.1. The van der Waals surface area contributed by atoms with Gasteiger partial charge in [0.1, 0.15) is 6.04 Å². The van der Waals surface area contributed by atoms with Crippen molar-refractivity contribution < 1.29 is 14.4 Å². The van der Waals surface area contributed by atoms with Gasteiger partial charge in [-0.3, -0.25) is 19.5 Å². The van der Waals surface area contributed by atoms with Crippen LogP contribution < -0.4 is 10.6 Å². The number of aromatic nitrogens is 1. The number of carbonyl (C=O) groups is 3. The molecule has 1 aliphatic rings. The number of urea groups is 1. The van der Waals surface area contributed by atoms with Crippen LogP contribution in [0.3, 0.4) is 0 Å². The fourth-order valence-electron chi connectivity index (χ4n) is 2.93. The predicted molar refractivity (Wildman–Crippen MR) is 99.5 cm³/mol. The van der Waals surface area contributed by atoms with E-state index < -0.39 is 12.1 Å². The molecule has 2 aromatic rings. The summed E-state index contributed by atoms with van der Waals surface area (Å²) < 4.78 is 0. The Kier molecular flexibility index (Phi) is 6.14. The van der Waals surface area contributed by atoms with Crippen LogP contribution in [-0.4, -0.2) is 40.3 Å². The van der Waals surface area contributed by atoms with Crippen LogP contribution in [0.2, 0.25) is 0 Å². The maximum atomic E-state index is 12.4. The van der Waals surface area contributed by atoms with Gasteiger partial charge in [-0.05, 0) is 24.1 Å². The highest BCUT2D eigenvalue weighted by Gasteiger charge is 2.37. The second-order valence-corrected chi connectivity index (χ2v) is 6.37. The van der Waals surface area contributed by atoms with Crippen LogP contribution in [0, 0.1) is 0 Å². The largest absolute Gasteiger partial charge is 0.356 e. The second-order valence-electron chi connectivity index (χ2n) is 6.37. The first-order valence-corrected chi connectivity index (χ1v) is 8.96. The zero-order valence-electron chi connectivity index (χ0n) is 14.9. The Balaban J connectivity index is 1.42. The van der Waals surface area contributed by atoms with Crippen molar-refractivity contribution in [2.24, 2.45) is 0 Å². The van der Waals surface area contributed by atoms with Gasteiger partial charge in [-0.25, -0.2) is 4.79 Å². The summed E-state index contributed by atoms with van der Waals surface area (Å²) in [5.41, 5.74) is 1.79. The molecule has 0 radical (unpaired) electrons. The van der Waals surface area contributed by atoms with Crippen molar-refractivity contribution in [2.75, 3.05) is 6.54 Å². The summed E-state index contributed by atoms with van der Waals surface area (Å²) in [7, 11) is 0. The van der Waals surface area contributed by atoms with E-state index >= 15 is 0 Å². The highest BCUT2D eigenvalue weighted by Crippen LogP contribution is 2.15. The Labute approximate surface area is 157 Å². The molecule has 0 spiro atoms. The standard InChI is InChI=1S/C20H22N4O3/c25-18(22-13-11-16-8-4-5-12-21-16)10-9-17-19(26)24(20(27)23-17)14-15-6-2-1-3-7-15/h1-8,12,17H,9-11,13-14H2,(H,22,25)(H,23,27)/t17-/m0/s1. The summed E-state index contributed by atoms with van der Waals surface area (Å²) in [5.74, 6) is -0.431. The minimum atomic E-state index is -0.650. The molecule has 1 aromatic heterocycles. The smallest absolute Gasteiger partial charge is 0.325 e. The molecule has 1 atom stereocenters. The molecule has 27 heavy (non-hydrogen) atoms. The molecule has 2 N–H and O–H groups in total. The normalized spacial score (nSPS) is 16.3. The molecule has 0 aliphatic carbocycles. The van der Waals surface area contributed by atoms with Crippen LogP contribution in [-0.2, 0) is 22.6 Å². The topological polar surface area (TPSA) is 91.4 Å². The molecule has 7 heteroatoms. The van der Waals surface area contributed by atoms with E-state index in [1.54, 1.807) is 6.20 Å². The number of pyridine rings is 1. The van der Waals surface area contributed by atoms with E-state index in [4.69, 9.17) is 0 Å². The Morgan fingerprint density at radius 3 is 2.63 bits per heavy atom. The molecule has 1 fully saturated rings. The quantitative estimate of drug-likeness (QED) is 0.695. The highest BCUT2D eigenvalue weighted by molar-refractivity contribution is 6.04. The van der Waals surface area contributed by atoms with Crippen LogP contribution in [0.15, 0.2) is 54.7 Å². The van der Waals surface area contributed by atoms with Crippen molar-refractivity contribution in [3.05, 3.63) is 66.0 Å². The summed E-state index contributed by atoms with van der Waals surface area (Å²) in [6.07, 6.45) is 2.83. The number of hydrogen-bond donors (Lipinski definition) is 2. The Bertz CT molecular complexity index is 795. The SMILES string of the molecule is O=C(CC[C@@H]1NC(=O)N(Cc2ccccc2)C1=O)NCCc1ccccn1. The molecular formula is C20H22N4O3. The first-order valence-electron chi connectivity index (χ1n) is 8.96. The minimum Gasteiger partial charge on any atom is -0.356 e. The molecule has 0 saturated carbocycles. The summed E-state index contributed by atoms with van der Waals surface area (Å²) in [5, 5.41) is 5.47. The monoisotopic (exact) mass is 366 g/mol. The summed E-state index contributed by atoms with van der Waals surface area (Å²) >= 11 is 0. The highest BCUT2D eigenvalue weighted by atomic mass is 16.2. The summed E-state index contributed by atoms with van der Waals surface area (Å²) in [6, 6.07) is 13.9. The Morgan fingerprint density at radius 1 is 1.11 bits per heavy atom. The number of rotatable bonds is 8. The van der Waals surface area contributed by atoms with E-state index in [0.717, 1.165) is 11.3 Å². The molecule has 140 valence electrons. The third-order valence-corrected chi connectivity index (χ3v) is 4.38. The molecule has 0 bridgehead atoms. The minimum absolute atomic E-state index is 0.144. The Morgan fingerprint density at radius 2 is 1.89 bits per heavy atom. The van der Waals surface area contributed by atoms with E-state index in [1.807, 2.05) is 48.5 Å². The predicted octanol–water partition coefficient (Wildman–Crippen LogP) is 1.64. The fraction of sp³-hybridized carbons (Fsp3) is 0.300. The zero-order valence-corrected chi connectivity index (χ0v) is 14.9. The van der Waals surface area contributed by atoms with Gasteiger partial charge in [-0.1, -0.05) is 36.4 Å². The van der Waals surface area contributed by atoms with Gasteiger partial charge in [0.05, 0.1) is 6.54 Å². The molecule has 7 nitrogen and oxygen atoms in total. The van der Waals surface area contributed by atoms with Gasteiger partial charge in [0.25, 0.3) is 5.91 Å². The van der Waals surface area contributed by atoms with Crippen molar-refractivity contribution in [1.29, 1.82) is 0 Å². The number of nitrogens with zero attached hydrogens (tertiary/aromatic N) is 2.